The number of ether oxygens (including phenoxy) is 2. The van der Waals surface area contributed by atoms with E-state index in [2.05, 4.69) is 31.8 Å². The van der Waals surface area contributed by atoms with Crippen molar-refractivity contribution in [2.75, 3.05) is 12.4 Å². The van der Waals surface area contributed by atoms with Crippen molar-refractivity contribution in [3.05, 3.63) is 87.4 Å². The van der Waals surface area contributed by atoms with Gasteiger partial charge in [-0.25, -0.2) is 5.43 Å². The molecule has 2 amide bonds. The van der Waals surface area contributed by atoms with Crippen molar-refractivity contribution in [2.45, 2.75) is 13.0 Å². The van der Waals surface area contributed by atoms with Crippen LogP contribution in [0.2, 0.25) is 5.02 Å². The van der Waals surface area contributed by atoms with E-state index in [9.17, 15) is 9.59 Å². The molecule has 0 saturated heterocycles. The van der Waals surface area contributed by atoms with Crippen LogP contribution in [0, 0.1) is 0 Å². The third-order valence-corrected chi connectivity index (χ3v) is 5.39. The summed E-state index contributed by atoms with van der Waals surface area (Å²) in [5, 5.41) is 7.18. The highest BCUT2D eigenvalue weighted by Crippen LogP contribution is 2.27. The maximum atomic E-state index is 12.1. The lowest BCUT2D eigenvalue weighted by atomic mass is 10.2. The smallest absolute Gasteiger partial charge is 0.249 e. The summed E-state index contributed by atoms with van der Waals surface area (Å²) in [6.45, 7) is 0.332. The summed E-state index contributed by atoms with van der Waals surface area (Å²) < 4.78 is 11.7. The molecule has 0 aliphatic heterocycles. The molecule has 0 bridgehead atoms. The lowest BCUT2D eigenvalue weighted by Crippen LogP contribution is -2.24. The second kappa shape index (κ2) is 12.0. The molecule has 0 aromatic heterocycles. The number of nitrogens with zero attached hydrogens (tertiary/aromatic N) is 1. The van der Waals surface area contributed by atoms with Crippen LogP contribution >= 0.6 is 27.5 Å². The molecule has 0 saturated carbocycles. The zero-order valence-corrected chi connectivity index (χ0v) is 20.0. The van der Waals surface area contributed by atoms with Crippen LogP contribution in [0.25, 0.3) is 0 Å². The Bertz CT molecular complexity index is 1170. The molecule has 170 valence electrons. The molecule has 0 atom stereocenters. The van der Waals surface area contributed by atoms with Crippen molar-refractivity contribution in [3.8, 4) is 11.5 Å². The normalized spacial score (nSPS) is 10.6. The summed E-state index contributed by atoms with van der Waals surface area (Å²) in [4.78, 5) is 24.1. The Morgan fingerprint density at radius 1 is 1.03 bits per heavy atom. The third kappa shape index (κ3) is 7.34. The van der Waals surface area contributed by atoms with Gasteiger partial charge in [0.15, 0.2) is 0 Å². The van der Waals surface area contributed by atoms with E-state index in [4.69, 9.17) is 21.1 Å². The Morgan fingerprint density at radius 3 is 2.55 bits per heavy atom. The van der Waals surface area contributed by atoms with Gasteiger partial charge in [-0.15, -0.1) is 0 Å². The molecule has 3 aromatic rings. The Morgan fingerprint density at radius 2 is 1.79 bits per heavy atom. The summed E-state index contributed by atoms with van der Waals surface area (Å²) in [5.74, 6) is 0.130. The van der Waals surface area contributed by atoms with Gasteiger partial charge in [0.05, 0.1) is 23.5 Å². The fourth-order valence-corrected chi connectivity index (χ4v) is 3.49. The van der Waals surface area contributed by atoms with Gasteiger partial charge < -0.3 is 14.8 Å². The maximum absolute atomic E-state index is 12.1. The van der Waals surface area contributed by atoms with E-state index >= 15 is 0 Å². The molecule has 0 unspecified atom stereocenters. The number of methoxy groups -OCH3 is 1. The summed E-state index contributed by atoms with van der Waals surface area (Å²) in [6, 6.07) is 19.8. The van der Waals surface area contributed by atoms with Gasteiger partial charge in [-0.3, -0.25) is 9.59 Å². The second-order valence-corrected chi connectivity index (χ2v) is 8.05. The average Bonchev–Trinajstić information content (AvgIpc) is 2.79. The number of anilines is 1. The Balaban J connectivity index is 1.49. The van der Waals surface area contributed by atoms with Gasteiger partial charge in [-0.05, 0) is 57.9 Å². The summed E-state index contributed by atoms with van der Waals surface area (Å²) in [6.07, 6.45) is 1.09. The van der Waals surface area contributed by atoms with Crippen LogP contribution in [-0.4, -0.2) is 25.1 Å². The second-order valence-electron chi connectivity index (χ2n) is 6.79. The van der Waals surface area contributed by atoms with Gasteiger partial charge >= 0.3 is 0 Å². The highest BCUT2D eigenvalue weighted by Gasteiger charge is 2.11. The van der Waals surface area contributed by atoms with Crippen molar-refractivity contribution in [3.63, 3.8) is 0 Å². The summed E-state index contributed by atoms with van der Waals surface area (Å²) in [5.41, 5.74) is 4.44. The molecule has 0 radical (unpaired) electrons. The highest BCUT2D eigenvalue weighted by molar-refractivity contribution is 9.10. The molecule has 3 rings (SSSR count). The first kappa shape index (κ1) is 24.3. The number of para-hydroxylation sites is 2. The van der Waals surface area contributed by atoms with Gasteiger partial charge in [0.2, 0.25) is 11.8 Å². The van der Waals surface area contributed by atoms with Crippen molar-refractivity contribution < 1.29 is 19.1 Å². The van der Waals surface area contributed by atoms with E-state index in [1.54, 1.807) is 42.5 Å². The van der Waals surface area contributed by atoms with Crippen LogP contribution in [0.5, 0.6) is 11.5 Å². The molecule has 9 heteroatoms. The largest absolute Gasteiger partial charge is 0.495 e. The Kier molecular flexibility index (Phi) is 8.86. The van der Waals surface area contributed by atoms with Crippen LogP contribution in [0.4, 0.5) is 5.69 Å². The van der Waals surface area contributed by atoms with E-state index < -0.39 is 11.8 Å². The number of benzene rings is 3. The van der Waals surface area contributed by atoms with Crippen LogP contribution in [0.1, 0.15) is 17.5 Å². The fourth-order valence-electron chi connectivity index (χ4n) is 2.79. The molecule has 0 aliphatic carbocycles. The Hall–Kier alpha value is -3.36. The predicted molar refractivity (Wildman–Crippen MR) is 132 cm³/mol. The van der Waals surface area contributed by atoms with Gasteiger partial charge in [0, 0.05) is 10.6 Å². The van der Waals surface area contributed by atoms with Gasteiger partial charge in [-0.2, -0.15) is 5.10 Å². The monoisotopic (exact) mass is 529 g/mol. The van der Waals surface area contributed by atoms with Crippen LogP contribution in [0.3, 0.4) is 0 Å². The molecule has 7 nitrogen and oxygen atoms in total. The number of carbonyl (C=O) groups excluding carboxylic acids is 2. The Labute approximate surface area is 204 Å². The first-order valence-electron chi connectivity index (χ1n) is 9.87. The number of hydrogen-bond donors (Lipinski definition) is 2. The number of hydrazone groups is 1. The molecule has 0 aliphatic rings. The minimum Gasteiger partial charge on any atom is -0.495 e. The first-order chi connectivity index (χ1) is 16.0. The lowest BCUT2D eigenvalue weighted by molar-refractivity contribution is -0.126. The van der Waals surface area contributed by atoms with E-state index in [-0.39, 0.29) is 6.42 Å². The zero-order chi connectivity index (χ0) is 23.6. The minimum absolute atomic E-state index is 0.332. The predicted octanol–water partition coefficient (Wildman–Crippen LogP) is 5.17. The van der Waals surface area contributed by atoms with Crippen molar-refractivity contribution in [2.24, 2.45) is 5.10 Å². The van der Waals surface area contributed by atoms with Crippen molar-refractivity contribution >= 4 is 51.2 Å². The van der Waals surface area contributed by atoms with Gasteiger partial charge in [0.1, 0.15) is 24.5 Å². The van der Waals surface area contributed by atoms with Gasteiger partial charge in [-0.1, -0.05) is 41.9 Å². The van der Waals surface area contributed by atoms with Gasteiger partial charge in [0.25, 0.3) is 0 Å². The molecule has 33 heavy (non-hydrogen) atoms. The lowest BCUT2D eigenvalue weighted by Gasteiger charge is -2.10. The quantitative estimate of drug-likeness (QED) is 0.227. The van der Waals surface area contributed by atoms with Crippen molar-refractivity contribution in [1.82, 2.24) is 5.43 Å². The molecule has 0 fully saturated rings. The molecule has 0 heterocycles. The van der Waals surface area contributed by atoms with Crippen LogP contribution < -0.4 is 20.2 Å². The zero-order valence-electron chi connectivity index (χ0n) is 17.7. The molecule has 3 aromatic carbocycles. The van der Waals surface area contributed by atoms with Crippen molar-refractivity contribution in [1.29, 1.82) is 0 Å². The molecular weight excluding hydrogens is 510 g/mol. The number of carbonyl (C=O) groups is 2. The average molecular weight is 531 g/mol. The van der Waals surface area contributed by atoms with E-state index in [0.29, 0.717) is 28.8 Å². The van der Waals surface area contributed by atoms with E-state index in [1.807, 2.05) is 24.3 Å². The van der Waals surface area contributed by atoms with E-state index in [1.165, 1.54) is 13.3 Å². The number of rotatable bonds is 9. The van der Waals surface area contributed by atoms with E-state index in [0.717, 1.165) is 15.6 Å². The number of hydrogen-bond acceptors (Lipinski definition) is 5. The molecular formula is C24H21BrClN3O4. The summed E-state index contributed by atoms with van der Waals surface area (Å²) in [7, 11) is 1.50. The summed E-state index contributed by atoms with van der Waals surface area (Å²) >= 11 is 9.62. The molecule has 0 spiro atoms. The fraction of sp³-hybridized carbons (Fsp3) is 0.125. The molecule has 2 N–H and O–H groups in total. The van der Waals surface area contributed by atoms with Crippen LogP contribution in [-0.2, 0) is 16.2 Å². The topological polar surface area (TPSA) is 89.0 Å². The number of halogens is 2. The highest BCUT2D eigenvalue weighted by atomic mass is 79.9. The maximum Gasteiger partial charge on any atom is 0.249 e. The van der Waals surface area contributed by atoms with Crippen LogP contribution in [0.15, 0.2) is 76.3 Å². The SMILES string of the molecule is COc1ccccc1NC(=O)CC(=O)NN=Cc1ccc(OCc2ccccc2Cl)c(Br)c1. The number of nitrogens with one attached hydrogen (secondary N) is 2. The first-order valence-corrected chi connectivity index (χ1v) is 11.0. The standard InChI is InChI=1S/C24H21BrClN3O4/c1-32-22-9-5-4-8-20(22)28-23(30)13-24(31)29-27-14-16-10-11-21(18(25)12-16)33-15-17-6-2-3-7-19(17)26/h2-12,14H,13,15H2,1H3,(H,28,30)(H,29,31). The number of amides is 2. The third-order valence-electron chi connectivity index (χ3n) is 4.40. The minimum atomic E-state index is -0.544.